The molecule has 0 radical (unpaired) electrons. The average Bonchev–Trinajstić information content (AvgIpc) is 2.69. The Bertz CT molecular complexity index is 979. The molecule has 2 aromatic carbocycles. The fourth-order valence-corrected chi connectivity index (χ4v) is 3.84. The van der Waals surface area contributed by atoms with Crippen LogP contribution in [0.15, 0.2) is 48.5 Å². The highest BCUT2D eigenvalue weighted by Gasteiger charge is 2.36. The number of benzene rings is 2. The van der Waals surface area contributed by atoms with Crippen molar-refractivity contribution < 1.29 is 9.53 Å². The topological polar surface area (TPSA) is 26.3 Å². The van der Waals surface area contributed by atoms with Gasteiger partial charge in [0.05, 0.1) is 6.61 Å². The van der Waals surface area contributed by atoms with Crippen molar-refractivity contribution >= 4 is 12.0 Å². The van der Waals surface area contributed by atoms with Crippen molar-refractivity contribution in [2.75, 3.05) is 6.61 Å². The number of rotatable bonds is 3. The lowest BCUT2D eigenvalue weighted by molar-refractivity contribution is -0.137. The van der Waals surface area contributed by atoms with Crippen LogP contribution in [0.25, 0.3) is 6.08 Å². The summed E-state index contributed by atoms with van der Waals surface area (Å²) >= 11 is 0. The molecule has 0 amide bonds. The van der Waals surface area contributed by atoms with Crippen molar-refractivity contribution in [3.63, 3.8) is 0 Å². The van der Waals surface area contributed by atoms with Crippen molar-refractivity contribution in [1.29, 1.82) is 0 Å². The molecule has 29 heavy (non-hydrogen) atoms. The molecule has 0 saturated carbocycles. The summed E-state index contributed by atoms with van der Waals surface area (Å²) < 4.78 is 4.89. The lowest BCUT2D eigenvalue weighted by Crippen LogP contribution is -2.33. The van der Waals surface area contributed by atoms with Gasteiger partial charge in [-0.1, -0.05) is 57.7 Å². The fourth-order valence-electron chi connectivity index (χ4n) is 3.84. The predicted molar refractivity (Wildman–Crippen MR) is 120 cm³/mol. The number of carbonyl (C=O) groups excluding carboxylic acids is 1. The Morgan fingerprint density at radius 3 is 2.17 bits per heavy atom. The summed E-state index contributed by atoms with van der Waals surface area (Å²) in [5, 5.41) is 0. The van der Waals surface area contributed by atoms with Crippen LogP contribution in [0.5, 0.6) is 0 Å². The number of fused-ring (bicyclic) bond motifs is 1. The maximum absolute atomic E-state index is 11.4. The zero-order chi connectivity index (χ0) is 21.1. The molecule has 0 heterocycles. The van der Waals surface area contributed by atoms with Gasteiger partial charge in [-0.2, -0.15) is 0 Å². The van der Waals surface area contributed by atoms with Gasteiger partial charge in [-0.05, 0) is 77.6 Å². The Kier molecular flexibility index (Phi) is 5.99. The number of hydrogen-bond acceptors (Lipinski definition) is 2. The van der Waals surface area contributed by atoms with Gasteiger partial charge in [0.2, 0.25) is 0 Å². The molecule has 1 aliphatic rings. The van der Waals surface area contributed by atoms with Crippen molar-refractivity contribution in [3.8, 4) is 11.8 Å². The molecule has 0 spiro atoms. The van der Waals surface area contributed by atoms with E-state index >= 15 is 0 Å². The van der Waals surface area contributed by atoms with Gasteiger partial charge in [-0.3, -0.25) is 0 Å². The van der Waals surface area contributed by atoms with Crippen molar-refractivity contribution in [2.24, 2.45) is 0 Å². The molecule has 3 rings (SSSR count). The van der Waals surface area contributed by atoms with E-state index < -0.39 is 0 Å². The summed E-state index contributed by atoms with van der Waals surface area (Å²) in [4.78, 5) is 11.4. The smallest absolute Gasteiger partial charge is 0.330 e. The largest absolute Gasteiger partial charge is 0.463 e. The summed E-state index contributed by atoms with van der Waals surface area (Å²) in [5.74, 6) is 6.26. The molecule has 0 atom stereocenters. The molecule has 0 aromatic heterocycles. The van der Waals surface area contributed by atoms with Gasteiger partial charge in [0.1, 0.15) is 0 Å². The molecule has 2 aromatic rings. The maximum atomic E-state index is 11.4. The van der Waals surface area contributed by atoms with E-state index in [0.717, 1.165) is 16.7 Å². The first kappa shape index (κ1) is 20.9. The van der Waals surface area contributed by atoms with E-state index in [-0.39, 0.29) is 16.8 Å². The number of ether oxygens (including phenoxy) is 1. The van der Waals surface area contributed by atoms with Crippen LogP contribution >= 0.6 is 0 Å². The quantitative estimate of drug-likeness (QED) is 0.367. The Morgan fingerprint density at radius 1 is 0.931 bits per heavy atom. The molecule has 0 N–H and O–H groups in total. The zero-order valence-corrected chi connectivity index (χ0v) is 18.1. The van der Waals surface area contributed by atoms with Gasteiger partial charge in [0.25, 0.3) is 0 Å². The first-order chi connectivity index (χ1) is 13.7. The van der Waals surface area contributed by atoms with Crippen molar-refractivity contribution in [2.45, 2.75) is 58.3 Å². The highest BCUT2D eigenvalue weighted by atomic mass is 16.5. The van der Waals surface area contributed by atoms with E-state index in [9.17, 15) is 4.79 Å². The highest BCUT2D eigenvalue weighted by Crippen LogP contribution is 2.45. The van der Waals surface area contributed by atoms with E-state index in [0.29, 0.717) is 6.61 Å². The summed E-state index contributed by atoms with van der Waals surface area (Å²) in [6, 6.07) is 14.6. The van der Waals surface area contributed by atoms with Crippen LogP contribution in [-0.2, 0) is 20.4 Å². The molecule has 0 fully saturated rings. The maximum Gasteiger partial charge on any atom is 0.330 e. The molecule has 150 valence electrons. The van der Waals surface area contributed by atoms with Gasteiger partial charge in [0, 0.05) is 17.2 Å². The monoisotopic (exact) mass is 386 g/mol. The van der Waals surface area contributed by atoms with E-state index in [4.69, 9.17) is 4.74 Å². The van der Waals surface area contributed by atoms with Crippen LogP contribution in [0, 0.1) is 11.8 Å². The van der Waals surface area contributed by atoms with Crippen molar-refractivity contribution in [1.82, 2.24) is 0 Å². The standard InChI is InChI=1S/C27H30O2/c1-6-29-25(28)16-14-21-9-7-20(8-10-21)11-12-22-13-15-23-24(19-22)27(4,5)18-17-26(23,2)3/h7-10,13-16,19H,6,17-18H2,1-5H3/b16-14+. The average molecular weight is 387 g/mol. The minimum absolute atomic E-state index is 0.190. The molecular weight excluding hydrogens is 356 g/mol. The Labute approximate surface area is 175 Å². The van der Waals surface area contributed by atoms with Gasteiger partial charge in [-0.15, -0.1) is 0 Å². The van der Waals surface area contributed by atoms with Crippen molar-refractivity contribution in [3.05, 3.63) is 76.4 Å². The van der Waals surface area contributed by atoms with Gasteiger partial charge < -0.3 is 4.74 Å². The summed E-state index contributed by atoms with van der Waals surface area (Å²) in [5.41, 5.74) is 6.26. The minimum atomic E-state index is -0.324. The van der Waals surface area contributed by atoms with Crippen LogP contribution in [0.2, 0.25) is 0 Å². The van der Waals surface area contributed by atoms with Gasteiger partial charge in [-0.25, -0.2) is 4.79 Å². The van der Waals surface area contributed by atoms with Crippen LogP contribution in [-0.4, -0.2) is 12.6 Å². The first-order valence-electron chi connectivity index (χ1n) is 10.3. The normalized spacial score (nSPS) is 16.6. The number of hydrogen-bond donors (Lipinski definition) is 0. The van der Waals surface area contributed by atoms with Crippen LogP contribution in [0.3, 0.4) is 0 Å². The summed E-state index contributed by atoms with van der Waals surface area (Å²) in [6.07, 6.45) is 5.61. The fraction of sp³-hybridized carbons (Fsp3) is 0.370. The van der Waals surface area contributed by atoms with E-state index in [2.05, 4.69) is 57.7 Å². The predicted octanol–water partition coefficient (Wildman–Crippen LogP) is 6.01. The van der Waals surface area contributed by atoms with E-state index in [1.165, 1.54) is 30.0 Å². The first-order valence-corrected chi connectivity index (χ1v) is 10.3. The summed E-state index contributed by atoms with van der Waals surface area (Å²) in [7, 11) is 0. The molecule has 2 nitrogen and oxygen atoms in total. The second-order valence-electron chi connectivity index (χ2n) is 8.99. The zero-order valence-electron chi connectivity index (χ0n) is 18.1. The molecular formula is C27H30O2. The number of esters is 1. The third kappa shape index (κ3) is 4.98. The Balaban J connectivity index is 1.79. The molecule has 2 heteroatoms. The Hall–Kier alpha value is -2.79. The van der Waals surface area contributed by atoms with Gasteiger partial charge >= 0.3 is 5.97 Å². The Morgan fingerprint density at radius 2 is 1.52 bits per heavy atom. The van der Waals surface area contributed by atoms with E-state index in [1.807, 2.05) is 24.3 Å². The SMILES string of the molecule is CCOC(=O)/C=C/c1ccc(C#Cc2ccc3c(c2)C(C)(C)CCC3(C)C)cc1. The van der Waals surface area contributed by atoms with Crippen LogP contribution in [0.4, 0.5) is 0 Å². The number of carbonyl (C=O) groups is 1. The second-order valence-corrected chi connectivity index (χ2v) is 8.99. The van der Waals surface area contributed by atoms with E-state index in [1.54, 1.807) is 13.0 Å². The lowest BCUT2D eigenvalue weighted by Gasteiger charge is -2.41. The molecule has 0 saturated heterocycles. The van der Waals surface area contributed by atoms with Gasteiger partial charge in [0.15, 0.2) is 0 Å². The molecule has 0 bridgehead atoms. The molecule has 1 aliphatic carbocycles. The third-order valence-corrected chi connectivity index (χ3v) is 5.81. The van der Waals surface area contributed by atoms with Crippen LogP contribution in [0.1, 0.15) is 75.3 Å². The third-order valence-electron chi connectivity index (χ3n) is 5.81. The highest BCUT2D eigenvalue weighted by molar-refractivity contribution is 5.87. The second kappa shape index (κ2) is 8.29. The molecule has 0 aliphatic heterocycles. The molecule has 0 unspecified atom stereocenters. The summed E-state index contributed by atoms with van der Waals surface area (Å²) in [6.45, 7) is 11.5. The minimum Gasteiger partial charge on any atom is -0.463 e. The van der Waals surface area contributed by atoms with Crippen LogP contribution < -0.4 is 0 Å². The lowest BCUT2D eigenvalue weighted by atomic mass is 9.63.